The molecule has 6 heteroatoms. The maximum Gasteiger partial charge on any atom is 0.173 e. The van der Waals surface area contributed by atoms with Crippen LogP contribution in [-0.4, -0.2) is 33.9 Å². The van der Waals surface area contributed by atoms with Crippen LogP contribution < -0.4 is 14.8 Å². The van der Waals surface area contributed by atoms with Gasteiger partial charge in [0.1, 0.15) is 0 Å². The Hall–Kier alpha value is -1.53. The van der Waals surface area contributed by atoms with Crippen molar-refractivity contribution in [1.29, 1.82) is 0 Å². The van der Waals surface area contributed by atoms with E-state index in [-0.39, 0.29) is 11.8 Å². The van der Waals surface area contributed by atoms with Gasteiger partial charge in [0.05, 0.1) is 19.5 Å². The van der Waals surface area contributed by atoms with Crippen LogP contribution in [0.25, 0.3) is 0 Å². The van der Waals surface area contributed by atoms with Crippen molar-refractivity contribution >= 4 is 9.84 Å². The first-order valence-corrected chi connectivity index (χ1v) is 8.19. The zero-order valence-electron chi connectivity index (χ0n) is 11.6. The Morgan fingerprint density at radius 3 is 2.75 bits per heavy atom. The third-order valence-corrected chi connectivity index (χ3v) is 4.42. The molecule has 1 aliphatic rings. The first-order chi connectivity index (χ1) is 9.54. The molecule has 0 bridgehead atoms. The van der Waals surface area contributed by atoms with Crippen LogP contribution in [0.1, 0.15) is 12.5 Å². The zero-order chi connectivity index (χ0) is 14.6. The van der Waals surface area contributed by atoms with E-state index in [2.05, 4.69) is 5.32 Å². The molecule has 0 amide bonds. The van der Waals surface area contributed by atoms with Crippen LogP contribution in [0.3, 0.4) is 0 Å². The van der Waals surface area contributed by atoms with Gasteiger partial charge in [0.15, 0.2) is 21.3 Å². The highest BCUT2D eigenvalue weighted by atomic mass is 32.2. The molecule has 1 atom stereocenters. The molecule has 1 aromatic rings. The Morgan fingerprint density at radius 2 is 2.15 bits per heavy atom. The van der Waals surface area contributed by atoms with E-state index in [9.17, 15) is 8.42 Å². The van der Waals surface area contributed by atoms with E-state index in [1.54, 1.807) is 13.2 Å². The molecule has 1 unspecified atom stereocenters. The van der Waals surface area contributed by atoms with Gasteiger partial charge in [0.25, 0.3) is 0 Å². The standard InChI is InChI=1S/C14H19NO4S/c1-3-19-13-5-4-11(8-14(13)18-2)9-15-12-6-7-20(16,17)10-12/h4-8,12,15H,3,9-10H2,1-2H3. The lowest BCUT2D eigenvalue weighted by Gasteiger charge is -2.13. The maximum absolute atomic E-state index is 11.3. The summed E-state index contributed by atoms with van der Waals surface area (Å²) in [4.78, 5) is 0. The van der Waals surface area contributed by atoms with E-state index in [0.29, 0.717) is 24.7 Å². The molecule has 0 radical (unpaired) electrons. The van der Waals surface area contributed by atoms with Gasteiger partial charge in [-0.2, -0.15) is 0 Å². The van der Waals surface area contributed by atoms with E-state index in [1.165, 1.54) is 5.41 Å². The summed E-state index contributed by atoms with van der Waals surface area (Å²) in [6.45, 7) is 3.08. The lowest BCUT2D eigenvalue weighted by Crippen LogP contribution is -2.29. The highest BCUT2D eigenvalue weighted by Crippen LogP contribution is 2.28. The van der Waals surface area contributed by atoms with E-state index in [0.717, 1.165) is 5.56 Å². The number of methoxy groups -OCH3 is 1. The number of sulfone groups is 1. The van der Waals surface area contributed by atoms with Crippen LogP contribution in [-0.2, 0) is 16.4 Å². The highest BCUT2D eigenvalue weighted by Gasteiger charge is 2.20. The van der Waals surface area contributed by atoms with Gasteiger partial charge >= 0.3 is 0 Å². The molecular formula is C14H19NO4S. The van der Waals surface area contributed by atoms with Crippen molar-refractivity contribution < 1.29 is 17.9 Å². The molecule has 0 saturated heterocycles. The molecule has 1 aliphatic heterocycles. The van der Waals surface area contributed by atoms with Crippen LogP contribution in [0, 0.1) is 0 Å². The largest absolute Gasteiger partial charge is 0.493 e. The van der Waals surface area contributed by atoms with Gasteiger partial charge in [-0.1, -0.05) is 12.1 Å². The number of nitrogens with one attached hydrogen (secondary N) is 1. The molecule has 0 aliphatic carbocycles. The fourth-order valence-corrected chi connectivity index (χ4v) is 3.32. The average Bonchev–Trinajstić information content (AvgIpc) is 2.77. The monoisotopic (exact) mass is 297 g/mol. The summed E-state index contributed by atoms with van der Waals surface area (Å²) in [6.07, 6.45) is 1.68. The Balaban J connectivity index is 1.98. The number of rotatable bonds is 6. The first kappa shape index (κ1) is 14.9. The predicted octanol–water partition coefficient (Wildman–Crippen LogP) is 1.49. The van der Waals surface area contributed by atoms with Crippen LogP contribution in [0.2, 0.25) is 0 Å². The summed E-state index contributed by atoms with van der Waals surface area (Å²) in [7, 11) is -1.42. The Labute approximate surface area is 119 Å². The summed E-state index contributed by atoms with van der Waals surface area (Å²) in [5.74, 6) is 1.52. The minimum atomic E-state index is -3.01. The fourth-order valence-electron chi connectivity index (χ4n) is 2.05. The quantitative estimate of drug-likeness (QED) is 0.862. The van der Waals surface area contributed by atoms with E-state index < -0.39 is 9.84 Å². The molecule has 5 nitrogen and oxygen atoms in total. The van der Waals surface area contributed by atoms with E-state index in [1.807, 2.05) is 25.1 Å². The SMILES string of the molecule is CCOc1ccc(CNC2C=CS(=O)(=O)C2)cc1OC. The third kappa shape index (κ3) is 3.74. The van der Waals surface area contributed by atoms with Crippen molar-refractivity contribution in [3.05, 3.63) is 35.2 Å². The van der Waals surface area contributed by atoms with Crippen LogP contribution in [0.15, 0.2) is 29.7 Å². The molecule has 1 N–H and O–H groups in total. The molecule has 0 fully saturated rings. The highest BCUT2D eigenvalue weighted by molar-refractivity contribution is 7.94. The summed E-state index contributed by atoms with van der Waals surface area (Å²) in [5, 5.41) is 4.46. The van der Waals surface area contributed by atoms with Crippen molar-refractivity contribution in [1.82, 2.24) is 5.32 Å². The van der Waals surface area contributed by atoms with Gasteiger partial charge < -0.3 is 14.8 Å². The summed E-state index contributed by atoms with van der Waals surface area (Å²) >= 11 is 0. The second-order valence-electron chi connectivity index (χ2n) is 4.56. The lowest BCUT2D eigenvalue weighted by atomic mass is 10.2. The smallest absolute Gasteiger partial charge is 0.173 e. The molecule has 1 heterocycles. The lowest BCUT2D eigenvalue weighted by molar-refractivity contribution is 0.310. The minimum Gasteiger partial charge on any atom is -0.493 e. The number of hydrogen-bond acceptors (Lipinski definition) is 5. The Kier molecular flexibility index (Phi) is 4.67. The second-order valence-corrected chi connectivity index (χ2v) is 6.49. The maximum atomic E-state index is 11.3. The molecular weight excluding hydrogens is 278 g/mol. The van der Waals surface area contributed by atoms with Crippen LogP contribution >= 0.6 is 0 Å². The van der Waals surface area contributed by atoms with Gasteiger partial charge in [-0.05, 0) is 24.6 Å². The molecule has 110 valence electrons. The van der Waals surface area contributed by atoms with Crippen molar-refractivity contribution in [2.24, 2.45) is 0 Å². The summed E-state index contributed by atoms with van der Waals surface area (Å²) < 4.78 is 33.3. The molecule has 0 aromatic heterocycles. The van der Waals surface area contributed by atoms with Gasteiger partial charge in [0.2, 0.25) is 0 Å². The average molecular weight is 297 g/mol. The van der Waals surface area contributed by atoms with Gasteiger partial charge in [-0.25, -0.2) is 8.42 Å². The summed E-state index contributed by atoms with van der Waals surface area (Å²) in [5.41, 5.74) is 1.02. The number of ether oxygens (including phenoxy) is 2. The molecule has 0 spiro atoms. The molecule has 20 heavy (non-hydrogen) atoms. The summed E-state index contributed by atoms with van der Waals surface area (Å²) in [6, 6.07) is 5.57. The molecule has 0 saturated carbocycles. The van der Waals surface area contributed by atoms with Gasteiger partial charge in [-0.3, -0.25) is 0 Å². The first-order valence-electron chi connectivity index (χ1n) is 6.48. The topological polar surface area (TPSA) is 64.6 Å². The predicted molar refractivity (Wildman–Crippen MR) is 77.7 cm³/mol. The van der Waals surface area contributed by atoms with Crippen molar-refractivity contribution in [3.8, 4) is 11.5 Å². The van der Waals surface area contributed by atoms with Crippen molar-refractivity contribution in [3.63, 3.8) is 0 Å². The van der Waals surface area contributed by atoms with E-state index in [4.69, 9.17) is 9.47 Å². The van der Waals surface area contributed by atoms with Gasteiger partial charge in [0, 0.05) is 18.0 Å². The van der Waals surface area contributed by atoms with E-state index >= 15 is 0 Å². The molecule has 2 rings (SSSR count). The third-order valence-electron chi connectivity index (χ3n) is 3.03. The normalized spacial score (nSPS) is 20.0. The number of hydrogen-bond donors (Lipinski definition) is 1. The second kappa shape index (κ2) is 6.28. The number of benzene rings is 1. The molecule has 1 aromatic carbocycles. The fraction of sp³-hybridized carbons (Fsp3) is 0.429. The van der Waals surface area contributed by atoms with Crippen molar-refractivity contribution in [2.75, 3.05) is 19.5 Å². The van der Waals surface area contributed by atoms with Crippen molar-refractivity contribution in [2.45, 2.75) is 19.5 Å². The van der Waals surface area contributed by atoms with Crippen LogP contribution in [0.5, 0.6) is 11.5 Å². The Bertz CT molecular complexity index is 595. The minimum absolute atomic E-state index is 0.126. The van der Waals surface area contributed by atoms with Gasteiger partial charge in [-0.15, -0.1) is 0 Å². The zero-order valence-corrected chi connectivity index (χ0v) is 12.4. The Morgan fingerprint density at radius 1 is 1.35 bits per heavy atom. The van der Waals surface area contributed by atoms with Crippen LogP contribution in [0.4, 0.5) is 0 Å².